The van der Waals surface area contributed by atoms with Crippen LogP contribution in [0.3, 0.4) is 0 Å². The van der Waals surface area contributed by atoms with E-state index in [1.54, 1.807) is 6.07 Å². The Kier molecular flexibility index (Phi) is 7.48. The minimum atomic E-state index is -0.124. The molecule has 3 aromatic rings. The third kappa shape index (κ3) is 5.56. The highest BCUT2D eigenvalue weighted by atomic mass is 16.5. The van der Waals surface area contributed by atoms with Crippen molar-refractivity contribution < 1.29 is 18.7 Å². The molecule has 0 spiro atoms. The minimum Gasteiger partial charge on any atom is -0.486 e. The molecule has 208 valence electrons. The zero-order valence-electron chi connectivity index (χ0n) is 23.2. The van der Waals surface area contributed by atoms with Crippen LogP contribution in [-0.4, -0.2) is 65.8 Å². The minimum absolute atomic E-state index is 0.0837. The number of nitrogens with zero attached hydrogens (tertiary/aromatic N) is 3. The van der Waals surface area contributed by atoms with Crippen molar-refractivity contribution in [2.75, 3.05) is 39.3 Å². The van der Waals surface area contributed by atoms with Crippen LogP contribution in [0.2, 0.25) is 0 Å². The maximum absolute atomic E-state index is 13.3. The first-order valence-corrected chi connectivity index (χ1v) is 14.3. The number of aryl methyl sites for hydroxylation is 1. The number of carbonyl (C=O) groups excluding carboxylic acids is 2. The number of hydrogen-bond acceptors (Lipinski definition) is 5. The number of ether oxygens (including phenoxy) is 1. The van der Waals surface area contributed by atoms with Crippen molar-refractivity contribution in [2.45, 2.75) is 38.8 Å². The second kappa shape index (κ2) is 11.3. The van der Waals surface area contributed by atoms with Crippen LogP contribution in [0.1, 0.15) is 57.5 Å². The van der Waals surface area contributed by atoms with Gasteiger partial charge in [0.2, 0.25) is 5.91 Å². The fourth-order valence-corrected chi connectivity index (χ4v) is 5.79. The van der Waals surface area contributed by atoms with Crippen LogP contribution in [0, 0.1) is 12.8 Å². The summed E-state index contributed by atoms with van der Waals surface area (Å²) in [6, 6.07) is 18.1. The highest BCUT2D eigenvalue weighted by Gasteiger charge is 2.39. The molecule has 3 heterocycles. The van der Waals surface area contributed by atoms with Crippen LogP contribution in [0.4, 0.5) is 0 Å². The van der Waals surface area contributed by atoms with E-state index in [0.717, 1.165) is 62.3 Å². The van der Waals surface area contributed by atoms with Crippen molar-refractivity contribution in [3.63, 3.8) is 0 Å². The van der Waals surface area contributed by atoms with E-state index in [9.17, 15) is 9.59 Å². The number of piperazine rings is 1. The van der Waals surface area contributed by atoms with E-state index in [-0.39, 0.29) is 30.4 Å². The summed E-state index contributed by atoms with van der Waals surface area (Å²) in [6.45, 7) is 10.7. The van der Waals surface area contributed by atoms with Gasteiger partial charge in [-0.2, -0.15) is 0 Å². The van der Waals surface area contributed by atoms with Crippen LogP contribution in [0.15, 0.2) is 71.7 Å². The first-order valence-electron chi connectivity index (χ1n) is 14.3. The Hall–Kier alpha value is -3.84. The lowest BCUT2D eigenvalue weighted by Gasteiger charge is -2.38. The third-order valence-electron chi connectivity index (χ3n) is 8.25. The summed E-state index contributed by atoms with van der Waals surface area (Å²) in [7, 11) is 0. The molecule has 1 saturated heterocycles. The summed E-state index contributed by atoms with van der Waals surface area (Å²) in [5.41, 5.74) is 4.68. The fraction of sp³-hybridized carbons (Fsp3) is 0.394. The Labute approximate surface area is 236 Å². The number of benzene rings is 2. The van der Waals surface area contributed by atoms with Gasteiger partial charge < -0.3 is 19.0 Å². The van der Waals surface area contributed by atoms with E-state index in [4.69, 9.17) is 9.15 Å². The Balaban J connectivity index is 1.16. The molecule has 2 aliphatic heterocycles. The van der Waals surface area contributed by atoms with Crippen molar-refractivity contribution in [3.05, 3.63) is 101 Å². The standard InChI is InChI=1S/C33H37N3O4/c1-3-15-34-17-19-35(20-18-34)33(38)30-13-12-28(40-30)22-39-27-11-10-24-14-16-36(32(37)26-8-9-26)31(29(24)21-27)25-6-4-23(2)5-7-25/h3-7,10-13,21,26,31H,1,8-9,14-20,22H2,2H3. The van der Waals surface area contributed by atoms with Gasteiger partial charge in [-0.25, -0.2) is 0 Å². The lowest BCUT2D eigenvalue weighted by molar-refractivity contribution is -0.134. The van der Waals surface area contributed by atoms with E-state index in [1.807, 2.05) is 23.1 Å². The molecule has 2 fully saturated rings. The van der Waals surface area contributed by atoms with Crippen molar-refractivity contribution in [1.82, 2.24) is 14.7 Å². The monoisotopic (exact) mass is 539 g/mol. The predicted molar refractivity (Wildman–Crippen MR) is 153 cm³/mol. The Morgan fingerprint density at radius 3 is 2.50 bits per heavy atom. The van der Waals surface area contributed by atoms with E-state index < -0.39 is 0 Å². The summed E-state index contributed by atoms with van der Waals surface area (Å²) < 4.78 is 12.1. The zero-order valence-corrected chi connectivity index (χ0v) is 23.2. The zero-order chi connectivity index (χ0) is 27.6. The molecule has 1 unspecified atom stereocenters. The molecular formula is C33H37N3O4. The SMILES string of the molecule is C=CCN1CCN(C(=O)c2ccc(COc3ccc4c(c3)C(c3ccc(C)cc3)N(C(=O)C3CC3)CC4)o2)CC1. The number of furan rings is 1. The molecule has 2 aromatic carbocycles. The lowest BCUT2D eigenvalue weighted by Crippen LogP contribution is -2.48. The summed E-state index contributed by atoms with van der Waals surface area (Å²) >= 11 is 0. The maximum Gasteiger partial charge on any atom is 0.289 e. The van der Waals surface area contributed by atoms with Gasteiger partial charge in [-0.3, -0.25) is 14.5 Å². The Bertz CT molecular complexity index is 1380. The van der Waals surface area contributed by atoms with Gasteiger partial charge in [0.05, 0.1) is 6.04 Å². The average Bonchev–Trinajstić information content (AvgIpc) is 3.73. The Morgan fingerprint density at radius 1 is 1.00 bits per heavy atom. The highest BCUT2D eigenvalue weighted by Crippen LogP contribution is 2.41. The average molecular weight is 540 g/mol. The molecule has 1 saturated carbocycles. The first kappa shape index (κ1) is 26.4. The van der Waals surface area contributed by atoms with Crippen molar-refractivity contribution in [1.29, 1.82) is 0 Å². The lowest BCUT2D eigenvalue weighted by atomic mass is 9.87. The molecule has 2 amide bonds. The molecule has 6 rings (SSSR count). The summed E-state index contributed by atoms with van der Waals surface area (Å²) in [4.78, 5) is 32.4. The van der Waals surface area contributed by atoms with Crippen molar-refractivity contribution in [2.24, 2.45) is 5.92 Å². The first-order chi connectivity index (χ1) is 19.5. The quantitative estimate of drug-likeness (QED) is 0.377. The van der Waals surface area contributed by atoms with Gasteiger partial charge in [0, 0.05) is 45.2 Å². The second-order valence-corrected chi connectivity index (χ2v) is 11.2. The molecule has 3 aliphatic rings. The molecule has 0 bridgehead atoms. The molecule has 0 radical (unpaired) electrons. The van der Waals surface area contributed by atoms with Crippen molar-refractivity contribution >= 4 is 11.8 Å². The van der Waals surface area contributed by atoms with Gasteiger partial charge in [0.1, 0.15) is 18.1 Å². The molecule has 1 atom stereocenters. The van der Waals surface area contributed by atoms with Gasteiger partial charge in [-0.1, -0.05) is 42.0 Å². The summed E-state index contributed by atoms with van der Waals surface area (Å²) in [5.74, 6) is 2.01. The third-order valence-corrected chi connectivity index (χ3v) is 8.25. The molecule has 1 aromatic heterocycles. The number of carbonyl (C=O) groups is 2. The van der Waals surface area contributed by atoms with Crippen molar-refractivity contribution in [3.8, 4) is 5.75 Å². The highest BCUT2D eigenvalue weighted by molar-refractivity contribution is 5.91. The van der Waals surface area contributed by atoms with Crippen LogP contribution in [-0.2, 0) is 17.8 Å². The fourth-order valence-electron chi connectivity index (χ4n) is 5.79. The topological polar surface area (TPSA) is 66.2 Å². The number of fused-ring (bicyclic) bond motifs is 1. The molecule has 1 aliphatic carbocycles. The summed E-state index contributed by atoms with van der Waals surface area (Å²) in [6.07, 6.45) is 4.71. The van der Waals surface area contributed by atoms with Crippen LogP contribution >= 0.6 is 0 Å². The van der Waals surface area contributed by atoms with Gasteiger partial charge in [0.15, 0.2) is 5.76 Å². The normalized spacial score (nSPS) is 19.3. The van der Waals surface area contributed by atoms with Gasteiger partial charge in [0.25, 0.3) is 5.91 Å². The molecule has 0 N–H and O–H groups in total. The molecular weight excluding hydrogens is 502 g/mol. The Morgan fingerprint density at radius 2 is 1.77 bits per heavy atom. The summed E-state index contributed by atoms with van der Waals surface area (Å²) in [5, 5.41) is 0. The molecule has 7 heteroatoms. The van der Waals surface area contributed by atoms with Gasteiger partial charge >= 0.3 is 0 Å². The van der Waals surface area contributed by atoms with E-state index in [2.05, 4.69) is 59.7 Å². The molecule has 40 heavy (non-hydrogen) atoms. The number of rotatable bonds is 8. The van der Waals surface area contributed by atoms with Crippen LogP contribution < -0.4 is 4.74 Å². The van der Waals surface area contributed by atoms with Crippen LogP contribution in [0.5, 0.6) is 5.75 Å². The smallest absolute Gasteiger partial charge is 0.289 e. The van der Waals surface area contributed by atoms with E-state index >= 15 is 0 Å². The van der Waals surface area contributed by atoms with Gasteiger partial charge in [-0.05, 0) is 67.1 Å². The van der Waals surface area contributed by atoms with E-state index in [0.29, 0.717) is 24.6 Å². The largest absolute Gasteiger partial charge is 0.486 e. The van der Waals surface area contributed by atoms with Gasteiger partial charge in [-0.15, -0.1) is 6.58 Å². The predicted octanol–water partition coefficient (Wildman–Crippen LogP) is 4.99. The number of amides is 2. The van der Waals surface area contributed by atoms with E-state index in [1.165, 1.54) is 11.1 Å². The second-order valence-electron chi connectivity index (χ2n) is 11.2. The molecule has 7 nitrogen and oxygen atoms in total. The number of hydrogen-bond donors (Lipinski definition) is 0. The van der Waals surface area contributed by atoms with Crippen LogP contribution in [0.25, 0.3) is 0 Å². The maximum atomic E-state index is 13.3.